The molecule has 4 rings (SSSR count). The first kappa shape index (κ1) is 10.0. The van der Waals surface area contributed by atoms with Crippen molar-refractivity contribution in [3.63, 3.8) is 0 Å². The summed E-state index contributed by atoms with van der Waals surface area (Å²) in [5.41, 5.74) is 0.987. The van der Waals surface area contributed by atoms with Crippen LogP contribution in [-0.4, -0.2) is 30.1 Å². The smallest absolute Gasteiger partial charge is 0.240 e. The second-order valence-electron chi connectivity index (χ2n) is 4.13. The zero-order valence-electron chi connectivity index (χ0n) is 9.05. The number of amides is 1. The Morgan fingerprint density at radius 3 is 2.62 bits per heavy atom. The third-order valence-corrected chi connectivity index (χ3v) is 4.59. The lowest BCUT2D eigenvalue weighted by Gasteiger charge is -2.45. The minimum absolute atomic E-state index is 0.209. The fraction of sp³-hybridized carbons (Fsp3) is 0.417. The van der Waals surface area contributed by atoms with Gasteiger partial charge in [0, 0.05) is 17.5 Å². The third-order valence-electron chi connectivity index (χ3n) is 3.15. The number of nitrogens with zero attached hydrogens (tertiary/aromatic N) is 1. The fourth-order valence-corrected chi connectivity index (χ4v) is 3.43. The SMILES string of the molecule is COc1ccc(N2CC3CC(S3)C2=O)cc1. The van der Waals surface area contributed by atoms with Crippen LogP contribution in [0, 0.1) is 0 Å². The van der Waals surface area contributed by atoms with Gasteiger partial charge in [0.05, 0.1) is 12.4 Å². The monoisotopic (exact) mass is 235 g/mol. The van der Waals surface area contributed by atoms with Crippen LogP contribution in [0.25, 0.3) is 0 Å². The molecule has 0 radical (unpaired) electrons. The van der Waals surface area contributed by atoms with Crippen molar-refractivity contribution in [3.05, 3.63) is 24.3 Å². The van der Waals surface area contributed by atoms with Crippen molar-refractivity contribution in [2.75, 3.05) is 18.6 Å². The molecule has 1 aromatic carbocycles. The minimum Gasteiger partial charge on any atom is -0.497 e. The number of thioether (sulfide) groups is 1. The molecule has 3 heterocycles. The number of fused-ring (bicyclic) bond motifs is 2. The maximum atomic E-state index is 12.0. The average molecular weight is 235 g/mol. The topological polar surface area (TPSA) is 29.5 Å². The largest absolute Gasteiger partial charge is 0.497 e. The lowest BCUT2D eigenvalue weighted by Crippen LogP contribution is -2.55. The van der Waals surface area contributed by atoms with E-state index in [1.165, 1.54) is 0 Å². The highest BCUT2D eigenvalue weighted by atomic mass is 32.2. The summed E-state index contributed by atoms with van der Waals surface area (Å²) in [6, 6.07) is 7.70. The number of piperidine rings is 1. The minimum atomic E-state index is 0.209. The zero-order chi connectivity index (χ0) is 11.1. The highest BCUT2D eigenvalue weighted by Gasteiger charge is 2.44. The van der Waals surface area contributed by atoms with Crippen LogP contribution in [-0.2, 0) is 4.79 Å². The summed E-state index contributed by atoms with van der Waals surface area (Å²) in [6.45, 7) is 0.854. The predicted molar refractivity (Wildman–Crippen MR) is 65.1 cm³/mol. The molecule has 84 valence electrons. The second kappa shape index (κ2) is 3.70. The summed E-state index contributed by atoms with van der Waals surface area (Å²) < 4.78 is 5.11. The van der Waals surface area contributed by atoms with Crippen LogP contribution in [0.5, 0.6) is 5.75 Å². The van der Waals surface area contributed by atoms with Crippen molar-refractivity contribution in [2.24, 2.45) is 0 Å². The first-order valence-corrected chi connectivity index (χ1v) is 6.33. The number of hydrogen-bond acceptors (Lipinski definition) is 3. The summed E-state index contributed by atoms with van der Waals surface area (Å²) in [7, 11) is 1.65. The lowest BCUT2D eigenvalue weighted by atomic mass is 10.1. The van der Waals surface area contributed by atoms with E-state index in [9.17, 15) is 4.79 Å². The molecule has 3 nitrogen and oxygen atoms in total. The lowest BCUT2D eigenvalue weighted by molar-refractivity contribution is -0.119. The number of hydrogen-bond donors (Lipinski definition) is 0. The quantitative estimate of drug-likeness (QED) is 0.784. The molecular formula is C12H13NO2S. The first-order valence-electron chi connectivity index (χ1n) is 5.39. The molecule has 2 unspecified atom stereocenters. The molecule has 0 N–H and O–H groups in total. The van der Waals surface area contributed by atoms with Gasteiger partial charge in [-0.2, -0.15) is 0 Å². The molecule has 4 heteroatoms. The molecular weight excluding hydrogens is 222 g/mol. The maximum Gasteiger partial charge on any atom is 0.240 e. The fourth-order valence-electron chi connectivity index (χ4n) is 2.20. The van der Waals surface area contributed by atoms with E-state index in [1.54, 1.807) is 7.11 Å². The summed E-state index contributed by atoms with van der Waals surface area (Å²) in [5, 5.41) is 0.852. The molecule has 3 saturated heterocycles. The van der Waals surface area contributed by atoms with E-state index in [4.69, 9.17) is 4.74 Å². The first-order chi connectivity index (χ1) is 7.78. The molecule has 1 aromatic rings. The number of ether oxygens (including phenoxy) is 1. The standard InChI is InChI=1S/C12H13NO2S/c1-15-9-4-2-8(3-5-9)13-7-10-6-11(16-10)12(13)14/h2-5,10-11H,6-7H2,1H3. The molecule has 0 aliphatic carbocycles. The normalized spacial score (nSPS) is 27.6. The van der Waals surface area contributed by atoms with Crippen LogP contribution in [0.15, 0.2) is 24.3 Å². The van der Waals surface area contributed by atoms with E-state index in [0.717, 1.165) is 24.4 Å². The van der Waals surface area contributed by atoms with Crippen molar-refractivity contribution in [3.8, 4) is 5.75 Å². The van der Waals surface area contributed by atoms with E-state index in [1.807, 2.05) is 40.9 Å². The molecule has 3 fully saturated rings. The molecule has 2 bridgehead atoms. The molecule has 2 atom stereocenters. The Labute approximate surface area is 98.8 Å². The van der Waals surface area contributed by atoms with Gasteiger partial charge in [0.25, 0.3) is 0 Å². The van der Waals surface area contributed by atoms with Crippen LogP contribution < -0.4 is 9.64 Å². The summed E-state index contributed by atoms with van der Waals surface area (Å²) >= 11 is 1.81. The van der Waals surface area contributed by atoms with Gasteiger partial charge in [-0.05, 0) is 30.7 Å². The predicted octanol–water partition coefficient (Wildman–Crippen LogP) is 1.92. The van der Waals surface area contributed by atoms with Crippen molar-refractivity contribution >= 4 is 23.4 Å². The molecule has 16 heavy (non-hydrogen) atoms. The number of carbonyl (C=O) groups excluding carboxylic acids is 1. The highest BCUT2D eigenvalue weighted by Crippen LogP contribution is 2.43. The van der Waals surface area contributed by atoms with Crippen molar-refractivity contribution < 1.29 is 9.53 Å². The van der Waals surface area contributed by atoms with Crippen LogP contribution in [0.4, 0.5) is 5.69 Å². The van der Waals surface area contributed by atoms with E-state index >= 15 is 0 Å². The number of anilines is 1. The molecule has 1 amide bonds. The van der Waals surface area contributed by atoms with Gasteiger partial charge in [-0.15, -0.1) is 11.8 Å². The van der Waals surface area contributed by atoms with E-state index < -0.39 is 0 Å². The van der Waals surface area contributed by atoms with Gasteiger partial charge in [0.15, 0.2) is 0 Å². The molecule has 3 aliphatic heterocycles. The van der Waals surface area contributed by atoms with Crippen LogP contribution in [0.2, 0.25) is 0 Å². The Morgan fingerprint density at radius 1 is 1.38 bits per heavy atom. The molecule has 3 aliphatic rings. The summed E-state index contributed by atoms with van der Waals surface area (Å²) in [6.07, 6.45) is 1.07. The summed E-state index contributed by atoms with van der Waals surface area (Å²) in [4.78, 5) is 13.9. The maximum absolute atomic E-state index is 12.0. The summed E-state index contributed by atoms with van der Waals surface area (Å²) in [5.74, 6) is 1.09. The number of methoxy groups -OCH3 is 1. The van der Waals surface area contributed by atoms with Gasteiger partial charge in [-0.25, -0.2) is 0 Å². The van der Waals surface area contributed by atoms with Crippen molar-refractivity contribution in [1.82, 2.24) is 0 Å². The van der Waals surface area contributed by atoms with Crippen molar-refractivity contribution in [1.29, 1.82) is 0 Å². The zero-order valence-corrected chi connectivity index (χ0v) is 9.87. The van der Waals surface area contributed by atoms with Gasteiger partial charge in [0.2, 0.25) is 5.91 Å². The van der Waals surface area contributed by atoms with Gasteiger partial charge in [0.1, 0.15) is 5.75 Å². The Morgan fingerprint density at radius 2 is 2.06 bits per heavy atom. The Balaban J connectivity index is 1.83. The van der Waals surface area contributed by atoms with Gasteiger partial charge < -0.3 is 9.64 Å². The molecule has 0 aromatic heterocycles. The van der Waals surface area contributed by atoms with E-state index in [2.05, 4.69) is 0 Å². The van der Waals surface area contributed by atoms with Crippen LogP contribution in [0.3, 0.4) is 0 Å². The Bertz CT molecular complexity index is 412. The number of carbonyl (C=O) groups is 1. The average Bonchev–Trinajstić information content (AvgIpc) is 2.28. The Kier molecular flexibility index (Phi) is 2.32. The van der Waals surface area contributed by atoms with Crippen molar-refractivity contribution in [2.45, 2.75) is 16.9 Å². The third kappa shape index (κ3) is 1.48. The van der Waals surface area contributed by atoms with Gasteiger partial charge in [-0.3, -0.25) is 4.79 Å². The Hall–Kier alpha value is -1.16. The highest BCUT2D eigenvalue weighted by molar-refractivity contribution is 8.02. The van der Waals surface area contributed by atoms with Gasteiger partial charge >= 0.3 is 0 Å². The second-order valence-corrected chi connectivity index (χ2v) is 5.64. The van der Waals surface area contributed by atoms with E-state index in [0.29, 0.717) is 5.25 Å². The van der Waals surface area contributed by atoms with E-state index in [-0.39, 0.29) is 11.2 Å². The van der Waals surface area contributed by atoms with Crippen LogP contribution >= 0.6 is 11.8 Å². The molecule has 0 spiro atoms. The molecule has 0 saturated carbocycles. The number of rotatable bonds is 2. The number of benzene rings is 1. The van der Waals surface area contributed by atoms with Gasteiger partial charge in [-0.1, -0.05) is 0 Å². The van der Waals surface area contributed by atoms with Crippen LogP contribution in [0.1, 0.15) is 6.42 Å².